The largest absolute Gasteiger partial charge is 0.395 e. The van der Waals surface area contributed by atoms with Crippen LogP contribution in [-0.2, 0) is 13.1 Å². The molecule has 5 nitrogen and oxygen atoms in total. The molecule has 0 aliphatic rings. The number of hydrogen-bond acceptors (Lipinski definition) is 4. The highest BCUT2D eigenvalue weighted by Gasteiger charge is 2.10. The highest BCUT2D eigenvalue weighted by molar-refractivity contribution is 5.28. The van der Waals surface area contributed by atoms with Crippen LogP contribution in [0.3, 0.4) is 0 Å². The summed E-state index contributed by atoms with van der Waals surface area (Å²) in [6.07, 6.45) is 1.78. The third-order valence-corrected chi connectivity index (χ3v) is 3.58. The summed E-state index contributed by atoms with van der Waals surface area (Å²) < 4.78 is 0. The van der Waals surface area contributed by atoms with Crippen molar-refractivity contribution in [1.82, 2.24) is 19.9 Å². The van der Waals surface area contributed by atoms with Crippen molar-refractivity contribution < 1.29 is 5.11 Å². The zero-order valence-corrected chi connectivity index (χ0v) is 12.9. The summed E-state index contributed by atoms with van der Waals surface area (Å²) in [6, 6.07) is 20.1. The van der Waals surface area contributed by atoms with Gasteiger partial charge in [0, 0.05) is 19.6 Å². The Bertz CT molecular complexity index is 712. The Labute approximate surface area is 135 Å². The van der Waals surface area contributed by atoms with Crippen LogP contribution in [0.25, 0.3) is 5.69 Å². The molecule has 0 saturated carbocycles. The molecule has 0 amide bonds. The number of para-hydroxylation sites is 1. The summed E-state index contributed by atoms with van der Waals surface area (Å²) >= 11 is 0. The predicted octanol–water partition coefficient (Wildman–Crippen LogP) is 2.26. The number of aliphatic hydroxyl groups is 1. The number of aromatic nitrogens is 3. The molecule has 0 unspecified atom stereocenters. The summed E-state index contributed by atoms with van der Waals surface area (Å²) in [7, 11) is 0. The lowest BCUT2D eigenvalue weighted by Crippen LogP contribution is -2.26. The summed E-state index contributed by atoms with van der Waals surface area (Å²) in [4.78, 5) is 3.80. The van der Waals surface area contributed by atoms with Gasteiger partial charge in [0.25, 0.3) is 0 Å². The number of rotatable bonds is 7. The summed E-state index contributed by atoms with van der Waals surface area (Å²) in [5.74, 6) is 0. The van der Waals surface area contributed by atoms with E-state index in [0.717, 1.165) is 17.9 Å². The lowest BCUT2D eigenvalue weighted by atomic mass is 10.2. The Hall–Kier alpha value is -2.50. The van der Waals surface area contributed by atoms with Crippen molar-refractivity contribution >= 4 is 0 Å². The van der Waals surface area contributed by atoms with Crippen molar-refractivity contribution in [3.63, 3.8) is 0 Å². The van der Waals surface area contributed by atoms with E-state index >= 15 is 0 Å². The first-order valence-corrected chi connectivity index (χ1v) is 7.69. The molecular formula is C18H20N4O. The molecule has 118 valence electrons. The van der Waals surface area contributed by atoms with E-state index < -0.39 is 0 Å². The minimum atomic E-state index is 0.125. The van der Waals surface area contributed by atoms with Crippen LogP contribution in [0.15, 0.2) is 66.9 Å². The normalized spacial score (nSPS) is 11.0. The summed E-state index contributed by atoms with van der Waals surface area (Å²) in [5, 5.41) is 18.1. The van der Waals surface area contributed by atoms with Gasteiger partial charge in [0.05, 0.1) is 24.2 Å². The second-order valence-corrected chi connectivity index (χ2v) is 5.38. The van der Waals surface area contributed by atoms with Gasteiger partial charge in [-0.05, 0) is 17.7 Å². The second kappa shape index (κ2) is 7.67. The molecule has 0 fully saturated rings. The van der Waals surface area contributed by atoms with Gasteiger partial charge >= 0.3 is 0 Å². The van der Waals surface area contributed by atoms with Gasteiger partial charge in [0.2, 0.25) is 0 Å². The molecule has 23 heavy (non-hydrogen) atoms. The topological polar surface area (TPSA) is 54.2 Å². The molecule has 0 atom stereocenters. The fourth-order valence-electron chi connectivity index (χ4n) is 2.48. The van der Waals surface area contributed by atoms with E-state index in [-0.39, 0.29) is 6.61 Å². The van der Waals surface area contributed by atoms with E-state index in [1.54, 1.807) is 11.0 Å². The Morgan fingerprint density at radius 1 is 0.913 bits per heavy atom. The molecule has 2 aromatic carbocycles. The molecule has 0 saturated heterocycles. The Balaban J connectivity index is 1.69. The van der Waals surface area contributed by atoms with Gasteiger partial charge in [-0.25, -0.2) is 0 Å². The molecule has 1 aromatic heterocycles. The first-order valence-electron chi connectivity index (χ1n) is 7.69. The van der Waals surface area contributed by atoms with Crippen LogP contribution in [0.2, 0.25) is 0 Å². The molecular weight excluding hydrogens is 288 g/mol. The average molecular weight is 308 g/mol. The van der Waals surface area contributed by atoms with Crippen molar-refractivity contribution in [3.05, 3.63) is 78.1 Å². The lowest BCUT2D eigenvalue weighted by Gasteiger charge is -2.20. The van der Waals surface area contributed by atoms with Crippen molar-refractivity contribution in [2.75, 3.05) is 13.2 Å². The van der Waals surface area contributed by atoms with Crippen molar-refractivity contribution in [2.45, 2.75) is 13.1 Å². The lowest BCUT2D eigenvalue weighted by molar-refractivity contribution is 0.182. The van der Waals surface area contributed by atoms with Gasteiger partial charge in [0.1, 0.15) is 0 Å². The Morgan fingerprint density at radius 3 is 2.30 bits per heavy atom. The monoisotopic (exact) mass is 308 g/mol. The van der Waals surface area contributed by atoms with E-state index in [1.807, 2.05) is 48.5 Å². The second-order valence-electron chi connectivity index (χ2n) is 5.38. The number of hydrogen-bond donors (Lipinski definition) is 1. The highest BCUT2D eigenvalue weighted by atomic mass is 16.3. The van der Waals surface area contributed by atoms with Gasteiger partial charge in [-0.3, -0.25) is 4.90 Å². The van der Waals surface area contributed by atoms with Crippen LogP contribution >= 0.6 is 0 Å². The summed E-state index contributed by atoms with van der Waals surface area (Å²) in [5.41, 5.74) is 3.05. The van der Waals surface area contributed by atoms with Gasteiger partial charge in [-0.1, -0.05) is 48.5 Å². The average Bonchev–Trinajstić information content (AvgIpc) is 3.05. The van der Waals surface area contributed by atoms with Crippen molar-refractivity contribution in [2.24, 2.45) is 0 Å². The van der Waals surface area contributed by atoms with E-state index in [9.17, 15) is 5.11 Å². The minimum absolute atomic E-state index is 0.125. The predicted molar refractivity (Wildman–Crippen MR) is 89.0 cm³/mol. The Kier molecular flexibility index (Phi) is 5.13. The minimum Gasteiger partial charge on any atom is -0.395 e. The van der Waals surface area contributed by atoms with Crippen molar-refractivity contribution in [1.29, 1.82) is 0 Å². The maximum atomic E-state index is 9.29. The van der Waals surface area contributed by atoms with Crippen LogP contribution in [0.1, 0.15) is 11.3 Å². The zero-order chi connectivity index (χ0) is 15.9. The van der Waals surface area contributed by atoms with Crippen LogP contribution in [0.5, 0.6) is 0 Å². The summed E-state index contributed by atoms with van der Waals surface area (Å²) in [6.45, 7) is 2.16. The standard InChI is InChI=1S/C18H20N4O/c23-12-11-21(14-16-7-3-1-4-8-16)15-17-13-19-22(20-17)18-9-5-2-6-10-18/h1-10,13,23H,11-12,14-15H2. The highest BCUT2D eigenvalue weighted by Crippen LogP contribution is 2.09. The fourth-order valence-corrected chi connectivity index (χ4v) is 2.48. The fraction of sp³-hybridized carbons (Fsp3) is 0.222. The first kappa shape index (κ1) is 15.4. The van der Waals surface area contributed by atoms with E-state index in [0.29, 0.717) is 13.1 Å². The third kappa shape index (κ3) is 4.25. The number of benzene rings is 2. The van der Waals surface area contributed by atoms with E-state index in [2.05, 4.69) is 27.2 Å². The molecule has 0 bridgehead atoms. The maximum absolute atomic E-state index is 9.29. The smallest absolute Gasteiger partial charge is 0.0971 e. The first-order chi connectivity index (χ1) is 11.3. The maximum Gasteiger partial charge on any atom is 0.0971 e. The van der Waals surface area contributed by atoms with Gasteiger partial charge < -0.3 is 5.11 Å². The molecule has 0 radical (unpaired) electrons. The zero-order valence-electron chi connectivity index (χ0n) is 12.9. The molecule has 1 N–H and O–H groups in total. The number of aliphatic hydroxyl groups excluding tert-OH is 1. The van der Waals surface area contributed by atoms with Gasteiger partial charge in [-0.2, -0.15) is 15.0 Å². The molecule has 3 rings (SSSR count). The third-order valence-electron chi connectivity index (χ3n) is 3.58. The molecule has 0 aliphatic heterocycles. The van der Waals surface area contributed by atoms with E-state index in [1.165, 1.54) is 5.56 Å². The number of nitrogens with zero attached hydrogens (tertiary/aromatic N) is 4. The Morgan fingerprint density at radius 2 is 1.61 bits per heavy atom. The quantitative estimate of drug-likeness (QED) is 0.727. The van der Waals surface area contributed by atoms with Crippen LogP contribution in [0, 0.1) is 0 Å². The molecule has 3 aromatic rings. The SMILES string of the molecule is OCCN(Cc1ccccc1)Cc1cnn(-c2ccccc2)n1. The van der Waals surface area contributed by atoms with Crippen LogP contribution in [-0.4, -0.2) is 38.2 Å². The molecule has 0 spiro atoms. The van der Waals surface area contributed by atoms with E-state index in [4.69, 9.17) is 0 Å². The van der Waals surface area contributed by atoms with Gasteiger partial charge in [0.15, 0.2) is 0 Å². The van der Waals surface area contributed by atoms with Crippen LogP contribution < -0.4 is 0 Å². The molecule has 1 heterocycles. The van der Waals surface area contributed by atoms with Crippen LogP contribution in [0.4, 0.5) is 0 Å². The molecule has 0 aliphatic carbocycles. The van der Waals surface area contributed by atoms with Gasteiger partial charge in [-0.15, -0.1) is 0 Å². The molecule has 5 heteroatoms. The van der Waals surface area contributed by atoms with Crippen molar-refractivity contribution in [3.8, 4) is 5.69 Å².